The minimum atomic E-state index is 0.454. The Labute approximate surface area is 82.2 Å². The van der Waals surface area contributed by atoms with Gasteiger partial charge in [0.1, 0.15) is 0 Å². The smallest absolute Gasteiger partial charge is 0.0978 e. The molecule has 0 atom stereocenters. The third kappa shape index (κ3) is 4.97. The summed E-state index contributed by atoms with van der Waals surface area (Å²) < 4.78 is 5.48. The van der Waals surface area contributed by atoms with Crippen molar-refractivity contribution in [2.45, 2.75) is 63.9 Å². The van der Waals surface area contributed by atoms with Gasteiger partial charge in [-0.05, 0) is 25.7 Å². The van der Waals surface area contributed by atoms with E-state index < -0.39 is 0 Å². The molecule has 1 rings (SSSR count). The Morgan fingerprint density at radius 2 is 1.31 bits per heavy atom. The zero-order valence-corrected chi connectivity index (χ0v) is 8.63. The van der Waals surface area contributed by atoms with Crippen LogP contribution in [0.2, 0.25) is 0 Å². The maximum atomic E-state index is 5.48. The van der Waals surface area contributed by atoms with Gasteiger partial charge in [-0.25, -0.2) is 0 Å². The average Bonchev–Trinajstić information content (AvgIpc) is 2.16. The van der Waals surface area contributed by atoms with Crippen LogP contribution in [-0.4, -0.2) is 6.10 Å². The summed E-state index contributed by atoms with van der Waals surface area (Å²) in [7, 11) is 0. The molecule has 0 saturated heterocycles. The summed E-state index contributed by atoms with van der Waals surface area (Å²) >= 11 is 0. The fourth-order valence-corrected chi connectivity index (χ4v) is 2.04. The van der Waals surface area contributed by atoms with Crippen molar-refractivity contribution in [2.24, 2.45) is 0 Å². The van der Waals surface area contributed by atoms with E-state index in [1.165, 1.54) is 57.8 Å². The van der Waals surface area contributed by atoms with E-state index in [-0.39, 0.29) is 0 Å². The van der Waals surface area contributed by atoms with Gasteiger partial charge in [-0.15, -0.1) is 0 Å². The SMILES string of the molecule is C=COC1CCCCCCCCC1. The van der Waals surface area contributed by atoms with Crippen LogP contribution in [0.25, 0.3) is 0 Å². The van der Waals surface area contributed by atoms with Crippen LogP contribution in [0.1, 0.15) is 57.8 Å². The van der Waals surface area contributed by atoms with Gasteiger partial charge in [0.25, 0.3) is 0 Å². The molecule has 1 heteroatoms. The van der Waals surface area contributed by atoms with Crippen molar-refractivity contribution in [1.82, 2.24) is 0 Å². The first-order chi connectivity index (χ1) is 6.43. The highest BCUT2D eigenvalue weighted by Gasteiger charge is 2.08. The van der Waals surface area contributed by atoms with Crippen LogP contribution >= 0.6 is 0 Å². The van der Waals surface area contributed by atoms with E-state index in [2.05, 4.69) is 6.58 Å². The Kier molecular flexibility index (Phi) is 5.71. The molecule has 1 fully saturated rings. The Balaban J connectivity index is 2.21. The maximum Gasteiger partial charge on any atom is 0.0978 e. The first-order valence-electron chi connectivity index (χ1n) is 5.70. The molecule has 76 valence electrons. The van der Waals surface area contributed by atoms with E-state index in [1.807, 2.05) is 0 Å². The van der Waals surface area contributed by atoms with E-state index in [0.29, 0.717) is 6.10 Å². The predicted molar refractivity (Wildman–Crippen MR) is 56.6 cm³/mol. The fraction of sp³-hybridized carbons (Fsp3) is 0.833. The Morgan fingerprint density at radius 1 is 0.846 bits per heavy atom. The van der Waals surface area contributed by atoms with Crippen LogP contribution in [0.5, 0.6) is 0 Å². The topological polar surface area (TPSA) is 9.23 Å². The third-order valence-electron chi connectivity index (χ3n) is 2.84. The molecule has 0 amide bonds. The predicted octanol–water partition coefficient (Wildman–Crippen LogP) is 4.04. The molecule has 1 saturated carbocycles. The molecule has 0 N–H and O–H groups in total. The first kappa shape index (κ1) is 10.6. The van der Waals surface area contributed by atoms with Gasteiger partial charge in [0.05, 0.1) is 12.4 Å². The summed E-state index contributed by atoms with van der Waals surface area (Å²) in [5, 5.41) is 0. The summed E-state index contributed by atoms with van der Waals surface area (Å²) in [4.78, 5) is 0. The summed E-state index contributed by atoms with van der Waals surface area (Å²) in [6.07, 6.45) is 14.2. The molecule has 1 aliphatic carbocycles. The van der Waals surface area contributed by atoms with E-state index >= 15 is 0 Å². The van der Waals surface area contributed by atoms with Crippen molar-refractivity contribution in [3.05, 3.63) is 12.8 Å². The molecule has 0 aliphatic heterocycles. The summed E-state index contributed by atoms with van der Waals surface area (Å²) in [5.41, 5.74) is 0. The normalized spacial score (nSPS) is 22.2. The highest BCUT2D eigenvalue weighted by atomic mass is 16.5. The molecule has 0 aromatic carbocycles. The molecular formula is C12H22O. The van der Waals surface area contributed by atoms with E-state index in [0.717, 1.165) is 0 Å². The van der Waals surface area contributed by atoms with Crippen molar-refractivity contribution in [1.29, 1.82) is 0 Å². The fourth-order valence-electron chi connectivity index (χ4n) is 2.04. The molecular weight excluding hydrogens is 160 g/mol. The van der Waals surface area contributed by atoms with Gasteiger partial charge in [0, 0.05) is 0 Å². The van der Waals surface area contributed by atoms with Gasteiger partial charge in [-0.1, -0.05) is 38.7 Å². The van der Waals surface area contributed by atoms with Crippen molar-refractivity contribution < 1.29 is 4.74 Å². The van der Waals surface area contributed by atoms with Gasteiger partial charge in [0.15, 0.2) is 0 Å². The van der Waals surface area contributed by atoms with Gasteiger partial charge >= 0.3 is 0 Å². The monoisotopic (exact) mass is 182 g/mol. The lowest BCUT2D eigenvalue weighted by Crippen LogP contribution is -2.10. The van der Waals surface area contributed by atoms with Crippen LogP contribution in [0.4, 0.5) is 0 Å². The molecule has 0 unspecified atom stereocenters. The highest BCUT2D eigenvalue weighted by Crippen LogP contribution is 2.18. The van der Waals surface area contributed by atoms with Crippen molar-refractivity contribution in [3.63, 3.8) is 0 Å². The third-order valence-corrected chi connectivity index (χ3v) is 2.84. The molecule has 13 heavy (non-hydrogen) atoms. The molecule has 1 nitrogen and oxygen atoms in total. The number of hydrogen-bond acceptors (Lipinski definition) is 1. The lowest BCUT2D eigenvalue weighted by atomic mass is 9.99. The molecule has 1 aliphatic rings. The van der Waals surface area contributed by atoms with Crippen molar-refractivity contribution >= 4 is 0 Å². The lowest BCUT2D eigenvalue weighted by molar-refractivity contribution is 0.120. The number of ether oxygens (including phenoxy) is 1. The quantitative estimate of drug-likeness (QED) is 0.586. The molecule has 0 aromatic heterocycles. The van der Waals surface area contributed by atoms with Gasteiger partial charge in [-0.2, -0.15) is 0 Å². The number of rotatable bonds is 2. The molecule has 0 radical (unpaired) electrons. The highest BCUT2D eigenvalue weighted by molar-refractivity contribution is 4.65. The van der Waals surface area contributed by atoms with Gasteiger partial charge < -0.3 is 4.74 Å². The Bertz CT molecular complexity index is 121. The van der Waals surface area contributed by atoms with Crippen molar-refractivity contribution in [2.75, 3.05) is 0 Å². The molecule has 0 heterocycles. The molecule has 0 spiro atoms. The maximum absolute atomic E-state index is 5.48. The van der Waals surface area contributed by atoms with Gasteiger partial charge in [0.2, 0.25) is 0 Å². The van der Waals surface area contributed by atoms with Crippen molar-refractivity contribution in [3.8, 4) is 0 Å². The van der Waals surface area contributed by atoms with Crippen LogP contribution < -0.4 is 0 Å². The van der Waals surface area contributed by atoms with E-state index in [4.69, 9.17) is 4.74 Å². The minimum Gasteiger partial charge on any atom is -0.499 e. The average molecular weight is 182 g/mol. The zero-order chi connectivity index (χ0) is 9.36. The Morgan fingerprint density at radius 3 is 1.77 bits per heavy atom. The zero-order valence-electron chi connectivity index (χ0n) is 8.63. The summed E-state index contributed by atoms with van der Waals surface area (Å²) in [6.45, 7) is 3.63. The molecule has 0 bridgehead atoms. The second kappa shape index (κ2) is 6.99. The van der Waals surface area contributed by atoms with E-state index in [9.17, 15) is 0 Å². The number of hydrogen-bond donors (Lipinski definition) is 0. The van der Waals surface area contributed by atoms with Crippen LogP contribution in [0.3, 0.4) is 0 Å². The first-order valence-corrected chi connectivity index (χ1v) is 5.70. The lowest BCUT2D eigenvalue weighted by Gasteiger charge is -2.17. The van der Waals surface area contributed by atoms with Crippen LogP contribution in [-0.2, 0) is 4.74 Å². The van der Waals surface area contributed by atoms with Crippen LogP contribution in [0, 0.1) is 0 Å². The second-order valence-corrected chi connectivity index (χ2v) is 3.98. The summed E-state index contributed by atoms with van der Waals surface area (Å²) in [6, 6.07) is 0. The largest absolute Gasteiger partial charge is 0.499 e. The molecule has 0 aromatic rings. The Hall–Kier alpha value is -0.460. The second-order valence-electron chi connectivity index (χ2n) is 3.98. The van der Waals surface area contributed by atoms with Gasteiger partial charge in [-0.3, -0.25) is 0 Å². The van der Waals surface area contributed by atoms with E-state index in [1.54, 1.807) is 6.26 Å². The van der Waals surface area contributed by atoms with Crippen LogP contribution in [0.15, 0.2) is 12.8 Å². The summed E-state index contributed by atoms with van der Waals surface area (Å²) in [5.74, 6) is 0. The standard InChI is InChI=1S/C12H22O/c1-2-13-12-10-8-6-4-3-5-7-9-11-12/h2,12H,1,3-11H2. The minimum absolute atomic E-state index is 0.454.